The van der Waals surface area contributed by atoms with Gasteiger partial charge < -0.3 is 10.1 Å². The van der Waals surface area contributed by atoms with Gasteiger partial charge in [-0.3, -0.25) is 14.0 Å². The second-order valence-electron chi connectivity index (χ2n) is 7.78. The summed E-state index contributed by atoms with van der Waals surface area (Å²) in [5.41, 5.74) is -1.49. The molecule has 186 valence electrons. The van der Waals surface area contributed by atoms with Crippen LogP contribution in [0, 0.1) is 18.3 Å². The Balaban J connectivity index is 1.79. The van der Waals surface area contributed by atoms with Crippen molar-refractivity contribution in [3.05, 3.63) is 104 Å². The molecule has 0 bridgehead atoms. The van der Waals surface area contributed by atoms with Crippen LogP contribution in [0.2, 0.25) is 0 Å². The maximum atomic E-state index is 13.4. The number of fused-ring (bicyclic) bond motifs is 1. The Morgan fingerprint density at radius 1 is 1.16 bits per heavy atom. The smallest absolute Gasteiger partial charge is 0.416 e. The minimum absolute atomic E-state index is 0.152. The van der Waals surface area contributed by atoms with E-state index in [1.165, 1.54) is 16.7 Å². The number of rotatable bonds is 5. The van der Waals surface area contributed by atoms with Gasteiger partial charge in [0.2, 0.25) is 5.88 Å². The fourth-order valence-electron chi connectivity index (χ4n) is 3.37. The number of halogens is 4. The second kappa shape index (κ2) is 10.3. The Kier molecular flexibility index (Phi) is 7.13. The van der Waals surface area contributed by atoms with Gasteiger partial charge in [0, 0.05) is 16.4 Å². The number of ether oxygens (including phenoxy) is 1. The molecule has 4 rings (SSSR count). The number of hydrogen-bond acceptors (Lipinski definition) is 5. The molecule has 2 aromatic heterocycles. The van der Waals surface area contributed by atoms with Crippen LogP contribution >= 0.6 is 15.9 Å². The molecule has 0 saturated carbocycles. The Morgan fingerprint density at radius 2 is 1.89 bits per heavy atom. The maximum Gasteiger partial charge on any atom is 0.416 e. The van der Waals surface area contributed by atoms with Gasteiger partial charge in [-0.2, -0.15) is 23.4 Å². The minimum Gasteiger partial charge on any atom is -0.438 e. The molecule has 0 radical (unpaired) electrons. The third-order valence-corrected chi connectivity index (χ3v) is 5.71. The van der Waals surface area contributed by atoms with Crippen LogP contribution in [0.5, 0.6) is 11.6 Å². The molecule has 0 unspecified atom stereocenters. The predicted molar refractivity (Wildman–Crippen MR) is 134 cm³/mol. The summed E-state index contributed by atoms with van der Waals surface area (Å²) < 4.78 is 47.0. The molecule has 0 spiro atoms. The van der Waals surface area contributed by atoms with Gasteiger partial charge >= 0.3 is 6.18 Å². The van der Waals surface area contributed by atoms with E-state index in [2.05, 4.69) is 26.2 Å². The lowest BCUT2D eigenvalue weighted by molar-refractivity contribution is -0.137. The second-order valence-corrected chi connectivity index (χ2v) is 8.69. The first-order valence-corrected chi connectivity index (χ1v) is 11.4. The van der Waals surface area contributed by atoms with Crippen LogP contribution in [-0.4, -0.2) is 15.3 Å². The lowest BCUT2D eigenvalue weighted by atomic mass is 10.1. The Hall–Kier alpha value is -4.43. The van der Waals surface area contributed by atoms with Gasteiger partial charge in [0.15, 0.2) is 0 Å². The maximum absolute atomic E-state index is 13.4. The molecule has 0 aliphatic rings. The number of alkyl halides is 3. The summed E-state index contributed by atoms with van der Waals surface area (Å²) in [6.45, 7) is 1.75. The zero-order chi connectivity index (χ0) is 26.7. The predicted octanol–water partition coefficient (Wildman–Crippen LogP) is 6.12. The van der Waals surface area contributed by atoms with E-state index in [1.807, 2.05) is 0 Å². The van der Waals surface area contributed by atoms with Gasteiger partial charge in [-0.25, -0.2) is 0 Å². The fraction of sp³-hybridized carbons (Fsp3) is 0.0769. The van der Waals surface area contributed by atoms with Gasteiger partial charge in [-0.1, -0.05) is 28.1 Å². The number of nitrogens with one attached hydrogen (secondary N) is 1. The van der Waals surface area contributed by atoms with Crippen LogP contribution in [0.15, 0.2) is 81.7 Å². The number of aryl methyl sites for hydroxylation is 1. The monoisotopic (exact) mass is 568 g/mol. The first kappa shape index (κ1) is 25.7. The summed E-state index contributed by atoms with van der Waals surface area (Å²) in [4.78, 5) is 30.6. The summed E-state index contributed by atoms with van der Waals surface area (Å²) in [5, 5.41) is 11.9. The van der Waals surface area contributed by atoms with Crippen molar-refractivity contribution in [3.63, 3.8) is 0 Å². The van der Waals surface area contributed by atoms with Gasteiger partial charge in [0.25, 0.3) is 11.5 Å². The molecule has 0 aliphatic heterocycles. The van der Waals surface area contributed by atoms with Crippen LogP contribution in [0.4, 0.5) is 18.9 Å². The van der Waals surface area contributed by atoms with E-state index in [4.69, 9.17) is 4.74 Å². The third-order valence-electron chi connectivity index (χ3n) is 5.18. The lowest BCUT2D eigenvalue weighted by Gasteiger charge is -2.12. The molecule has 0 aliphatic carbocycles. The standard InChI is InChI=1S/C26H16BrF3N4O3/c1-15-4-3-11-34-22(15)33-24(37-20-9-7-18(27)8-10-20)21(25(34)36)12-16(14-31)23(35)32-19-6-2-5-17(13-19)26(28,29)30/h2-13H,1H3,(H,32,35)/b16-12-. The van der Waals surface area contributed by atoms with Crippen LogP contribution < -0.4 is 15.6 Å². The highest BCUT2D eigenvalue weighted by Crippen LogP contribution is 2.31. The number of amides is 1. The Labute approximate surface area is 216 Å². The van der Waals surface area contributed by atoms with E-state index in [0.717, 1.165) is 28.7 Å². The van der Waals surface area contributed by atoms with E-state index in [1.54, 1.807) is 49.4 Å². The zero-order valence-corrected chi connectivity index (χ0v) is 20.6. The van der Waals surface area contributed by atoms with E-state index in [-0.39, 0.29) is 17.1 Å². The molecular weight excluding hydrogens is 553 g/mol. The number of anilines is 1. The largest absolute Gasteiger partial charge is 0.438 e. The van der Waals surface area contributed by atoms with Gasteiger partial charge in [0.1, 0.15) is 28.6 Å². The molecule has 2 heterocycles. The van der Waals surface area contributed by atoms with E-state index in [9.17, 15) is 28.0 Å². The summed E-state index contributed by atoms with van der Waals surface area (Å²) >= 11 is 3.32. The minimum atomic E-state index is -4.61. The fourth-order valence-corrected chi connectivity index (χ4v) is 3.64. The Bertz CT molecular complexity index is 1640. The zero-order valence-electron chi connectivity index (χ0n) is 19.0. The average molecular weight is 569 g/mol. The summed E-state index contributed by atoms with van der Waals surface area (Å²) in [6.07, 6.45) is -2.13. The van der Waals surface area contributed by atoms with Gasteiger partial charge in [-0.05, 0) is 67.1 Å². The van der Waals surface area contributed by atoms with Crippen molar-refractivity contribution in [2.24, 2.45) is 0 Å². The number of nitrogens with zero attached hydrogens (tertiary/aromatic N) is 3. The average Bonchev–Trinajstić information content (AvgIpc) is 2.85. The van der Waals surface area contributed by atoms with Crippen LogP contribution in [-0.2, 0) is 11.0 Å². The summed E-state index contributed by atoms with van der Waals surface area (Å²) in [5.74, 6) is -0.819. The quantitative estimate of drug-likeness (QED) is 0.231. The van der Waals surface area contributed by atoms with E-state index < -0.39 is 28.8 Å². The number of aromatic nitrogens is 2. The van der Waals surface area contributed by atoms with Crippen molar-refractivity contribution in [1.82, 2.24) is 9.38 Å². The first-order valence-electron chi connectivity index (χ1n) is 10.6. The normalized spacial score (nSPS) is 11.7. The van der Waals surface area contributed by atoms with Crippen molar-refractivity contribution < 1.29 is 22.7 Å². The number of nitriles is 1. The SMILES string of the molecule is Cc1cccn2c(=O)c(/C=C(/C#N)C(=O)Nc3cccc(C(F)(F)F)c3)c(Oc3ccc(Br)cc3)nc12. The van der Waals surface area contributed by atoms with Gasteiger partial charge in [-0.15, -0.1) is 0 Å². The van der Waals surface area contributed by atoms with Crippen molar-refractivity contribution >= 4 is 39.2 Å². The number of carbonyl (C=O) groups is 1. The summed E-state index contributed by atoms with van der Waals surface area (Å²) in [6, 6.07) is 15.7. The number of benzene rings is 2. The van der Waals surface area contributed by atoms with Crippen LogP contribution in [0.25, 0.3) is 11.7 Å². The molecule has 4 aromatic rings. The topological polar surface area (TPSA) is 96.5 Å². The van der Waals surface area contributed by atoms with Crippen molar-refractivity contribution in [2.45, 2.75) is 13.1 Å². The molecular formula is C26H16BrF3N4O3. The van der Waals surface area contributed by atoms with Crippen molar-refractivity contribution in [2.75, 3.05) is 5.32 Å². The van der Waals surface area contributed by atoms with Crippen molar-refractivity contribution in [1.29, 1.82) is 5.26 Å². The van der Waals surface area contributed by atoms with Gasteiger partial charge in [0.05, 0.1) is 5.56 Å². The van der Waals surface area contributed by atoms with E-state index in [0.29, 0.717) is 17.0 Å². The molecule has 37 heavy (non-hydrogen) atoms. The highest BCUT2D eigenvalue weighted by Gasteiger charge is 2.30. The molecule has 1 N–H and O–H groups in total. The molecule has 0 atom stereocenters. The number of hydrogen-bond donors (Lipinski definition) is 1. The number of carbonyl (C=O) groups excluding carboxylic acids is 1. The molecule has 0 saturated heterocycles. The molecule has 2 aromatic carbocycles. The number of pyridine rings is 1. The van der Waals surface area contributed by atoms with Crippen LogP contribution in [0.3, 0.4) is 0 Å². The van der Waals surface area contributed by atoms with E-state index >= 15 is 0 Å². The highest BCUT2D eigenvalue weighted by atomic mass is 79.9. The molecule has 11 heteroatoms. The molecule has 7 nitrogen and oxygen atoms in total. The first-order chi connectivity index (χ1) is 17.6. The highest BCUT2D eigenvalue weighted by molar-refractivity contribution is 9.10. The lowest BCUT2D eigenvalue weighted by Crippen LogP contribution is -2.21. The Morgan fingerprint density at radius 3 is 2.57 bits per heavy atom. The molecule has 0 fully saturated rings. The summed E-state index contributed by atoms with van der Waals surface area (Å²) in [7, 11) is 0. The van der Waals surface area contributed by atoms with Crippen LogP contribution in [0.1, 0.15) is 16.7 Å². The van der Waals surface area contributed by atoms with Crippen molar-refractivity contribution in [3.8, 4) is 17.7 Å². The molecule has 1 amide bonds. The third kappa shape index (κ3) is 5.70.